The highest BCUT2D eigenvalue weighted by Gasteiger charge is 2.47. The first-order chi connectivity index (χ1) is 16.7. The SMILES string of the molecule is CCc1ccc(C2/C(=C(\O)c3cc(C)ccc3C)C(=O)C(=O)N2c2ccc(CC(=O)O)cc2)cc1. The smallest absolute Gasteiger partial charge is 0.307 e. The number of ketones is 1. The van der Waals surface area contributed by atoms with Gasteiger partial charge in [0, 0.05) is 11.3 Å². The molecule has 1 aliphatic heterocycles. The molecule has 1 atom stereocenters. The second kappa shape index (κ2) is 9.58. The van der Waals surface area contributed by atoms with Crippen molar-refractivity contribution in [3.05, 3.63) is 106 Å². The van der Waals surface area contributed by atoms with Crippen molar-refractivity contribution in [2.24, 2.45) is 0 Å². The van der Waals surface area contributed by atoms with Crippen LogP contribution in [-0.4, -0.2) is 27.9 Å². The molecule has 4 rings (SSSR count). The van der Waals surface area contributed by atoms with E-state index in [1.54, 1.807) is 30.3 Å². The fourth-order valence-electron chi connectivity index (χ4n) is 4.43. The van der Waals surface area contributed by atoms with E-state index in [4.69, 9.17) is 5.11 Å². The van der Waals surface area contributed by atoms with Crippen molar-refractivity contribution in [2.45, 2.75) is 39.7 Å². The third-order valence-electron chi connectivity index (χ3n) is 6.37. The zero-order valence-corrected chi connectivity index (χ0v) is 19.9. The third-order valence-corrected chi connectivity index (χ3v) is 6.37. The predicted molar refractivity (Wildman–Crippen MR) is 134 cm³/mol. The Morgan fingerprint density at radius 2 is 1.51 bits per heavy atom. The predicted octanol–water partition coefficient (Wildman–Crippen LogP) is 5.12. The number of carbonyl (C=O) groups is 3. The molecule has 2 N–H and O–H groups in total. The summed E-state index contributed by atoms with van der Waals surface area (Å²) in [6.45, 7) is 5.78. The maximum absolute atomic E-state index is 13.3. The van der Waals surface area contributed by atoms with Crippen LogP contribution in [0.15, 0.2) is 72.3 Å². The molecule has 178 valence electrons. The molecule has 0 bridgehead atoms. The number of carboxylic acids is 1. The number of carbonyl (C=O) groups excluding carboxylic acids is 2. The number of anilines is 1. The number of benzene rings is 3. The highest BCUT2D eigenvalue weighted by Crippen LogP contribution is 2.42. The minimum Gasteiger partial charge on any atom is -0.507 e. The van der Waals surface area contributed by atoms with Gasteiger partial charge in [0.2, 0.25) is 0 Å². The van der Waals surface area contributed by atoms with Crippen molar-refractivity contribution in [1.82, 2.24) is 0 Å². The van der Waals surface area contributed by atoms with Crippen LogP contribution in [0, 0.1) is 13.8 Å². The van der Waals surface area contributed by atoms with Crippen LogP contribution >= 0.6 is 0 Å². The van der Waals surface area contributed by atoms with E-state index in [2.05, 4.69) is 0 Å². The molecule has 0 radical (unpaired) electrons. The quantitative estimate of drug-likeness (QED) is 0.297. The maximum atomic E-state index is 13.3. The fraction of sp³-hybridized carbons (Fsp3) is 0.207. The minimum atomic E-state index is -0.956. The number of Topliss-reactive ketones (excluding diaryl/α,β-unsaturated/α-hetero) is 1. The van der Waals surface area contributed by atoms with Crippen LogP contribution in [0.1, 0.15) is 46.3 Å². The van der Waals surface area contributed by atoms with E-state index in [9.17, 15) is 19.5 Å². The lowest BCUT2D eigenvalue weighted by Crippen LogP contribution is -2.29. The number of aryl methyl sites for hydroxylation is 3. The molecule has 0 aromatic heterocycles. The van der Waals surface area contributed by atoms with Crippen molar-refractivity contribution < 1.29 is 24.6 Å². The Kier molecular flexibility index (Phi) is 6.56. The lowest BCUT2D eigenvalue weighted by Gasteiger charge is -2.26. The molecule has 1 aliphatic rings. The van der Waals surface area contributed by atoms with E-state index in [0.29, 0.717) is 22.4 Å². The molecule has 35 heavy (non-hydrogen) atoms. The molecule has 0 spiro atoms. The summed E-state index contributed by atoms with van der Waals surface area (Å²) in [5.41, 5.74) is 5.09. The van der Waals surface area contributed by atoms with Crippen LogP contribution in [0.5, 0.6) is 0 Å². The molecule has 1 fully saturated rings. The van der Waals surface area contributed by atoms with Gasteiger partial charge in [-0.3, -0.25) is 19.3 Å². The van der Waals surface area contributed by atoms with Crippen LogP contribution in [-0.2, 0) is 27.2 Å². The number of nitrogens with zero attached hydrogens (tertiary/aromatic N) is 1. The number of aliphatic hydroxyl groups is 1. The van der Waals surface area contributed by atoms with E-state index in [-0.39, 0.29) is 17.8 Å². The second-order valence-corrected chi connectivity index (χ2v) is 8.82. The normalized spacial score (nSPS) is 17.1. The summed E-state index contributed by atoms with van der Waals surface area (Å²) >= 11 is 0. The number of aliphatic carboxylic acids is 1. The molecule has 3 aromatic carbocycles. The molecule has 3 aromatic rings. The molecule has 6 heteroatoms. The van der Waals surface area contributed by atoms with Crippen molar-refractivity contribution >= 4 is 29.1 Å². The monoisotopic (exact) mass is 469 g/mol. The molecule has 0 aliphatic carbocycles. The van der Waals surface area contributed by atoms with E-state index in [0.717, 1.165) is 23.1 Å². The number of aliphatic hydroxyl groups excluding tert-OH is 1. The van der Waals surface area contributed by atoms with Gasteiger partial charge in [0.1, 0.15) is 5.76 Å². The number of hydrogen-bond acceptors (Lipinski definition) is 4. The average Bonchev–Trinajstić information content (AvgIpc) is 3.11. The van der Waals surface area contributed by atoms with E-state index in [1.807, 2.05) is 57.2 Å². The van der Waals surface area contributed by atoms with E-state index < -0.39 is 23.7 Å². The van der Waals surface area contributed by atoms with Crippen molar-refractivity contribution in [1.29, 1.82) is 0 Å². The van der Waals surface area contributed by atoms with Gasteiger partial charge in [0.15, 0.2) is 0 Å². The topological polar surface area (TPSA) is 94.9 Å². The Morgan fingerprint density at radius 1 is 0.886 bits per heavy atom. The Morgan fingerprint density at radius 3 is 2.11 bits per heavy atom. The highest BCUT2D eigenvalue weighted by atomic mass is 16.4. The maximum Gasteiger partial charge on any atom is 0.307 e. The Balaban J connectivity index is 1.90. The molecular weight excluding hydrogens is 442 g/mol. The fourth-order valence-corrected chi connectivity index (χ4v) is 4.43. The first-order valence-corrected chi connectivity index (χ1v) is 11.5. The van der Waals surface area contributed by atoms with Crippen LogP contribution in [0.3, 0.4) is 0 Å². The first-order valence-electron chi connectivity index (χ1n) is 11.5. The Labute approximate surface area is 204 Å². The largest absolute Gasteiger partial charge is 0.507 e. The van der Waals surface area contributed by atoms with Gasteiger partial charge < -0.3 is 10.2 Å². The van der Waals surface area contributed by atoms with Gasteiger partial charge in [-0.2, -0.15) is 0 Å². The van der Waals surface area contributed by atoms with Gasteiger partial charge in [-0.05, 0) is 60.7 Å². The Hall–Kier alpha value is -4.19. The van der Waals surface area contributed by atoms with Gasteiger partial charge >= 0.3 is 5.97 Å². The number of carboxylic acid groups (broad SMARTS) is 1. The average molecular weight is 470 g/mol. The highest BCUT2D eigenvalue weighted by molar-refractivity contribution is 6.51. The molecule has 0 saturated carbocycles. The Bertz CT molecular complexity index is 1340. The zero-order chi connectivity index (χ0) is 25.3. The lowest BCUT2D eigenvalue weighted by molar-refractivity contribution is -0.136. The summed E-state index contributed by atoms with van der Waals surface area (Å²) in [6.07, 6.45) is 0.696. The molecule has 1 saturated heterocycles. The van der Waals surface area contributed by atoms with Crippen molar-refractivity contribution in [3.63, 3.8) is 0 Å². The molecule has 1 heterocycles. The number of amides is 1. The van der Waals surface area contributed by atoms with Crippen molar-refractivity contribution in [2.75, 3.05) is 4.90 Å². The number of hydrogen-bond donors (Lipinski definition) is 2. The summed E-state index contributed by atoms with van der Waals surface area (Å²) in [6, 6.07) is 18.9. The van der Waals surface area contributed by atoms with Gasteiger partial charge in [-0.1, -0.05) is 61.0 Å². The van der Waals surface area contributed by atoms with Crippen LogP contribution < -0.4 is 4.90 Å². The van der Waals surface area contributed by atoms with Crippen LogP contribution in [0.4, 0.5) is 5.69 Å². The zero-order valence-electron chi connectivity index (χ0n) is 19.9. The summed E-state index contributed by atoms with van der Waals surface area (Å²) in [4.78, 5) is 39.1. The van der Waals surface area contributed by atoms with Crippen molar-refractivity contribution in [3.8, 4) is 0 Å². The summed E-state index contributed by atoms with van der Waals surface area (Å²) in [5, 5.41) is 20.4. The van der Waals surface area contributed by atoms with Gasteiger partial charge in [-0.25, -0.2) is 0 Å². The van der Waals surface area contributed by atoms with Crippen LogP contribution in [0.25, 0.3) is 5.76 Å². The van der Waals surface area contributed by atoms with E-state index >= 15 is 0 Å². The molecule has 1 unspecified atom stereocenters. The standard InChI is InChI=1S/C29H27NO5/c1-4-19-7-11-21(12-8-19)26-25(27(33)23-15-17(2)5-6-18(23)3)28(34)29(35)30(26)22-13-9-20(10-14-22)16-24(31)32/h5-15,26,33H,4,16H2,1-3H3,(H,31,32)/b27-25+. The first kappa shape index (κ1) is 24.0. The summed E-state index contributed by atoms with van der Waals surface area (Å²) in [7, 11) is 0. The molecular formula is C29H27NO5. The van der Waals surface area contributed by atoms with E-state index in [1.165, 1.54) is 4.90 Å². The van der Waals surface area contributed by atoms with Crippen LogP contribution in [0.2, 0.25) is 0 Å². The van der Waals surface area contributed by atoms with Gasteiger partial charge in [0.05, 0.1) is 18.0 Å². The minimum absolute atomic E-state index is 0.0301. The molecule has 6 nitrogen and oxygen atoms in total. The number of rotatable bonds is 6. The second-order valence-electron chi connectivity index (χ2n) is 8.82. The molecule has 1 amide bonds. The lowest BCUT2D eigenvalue weighted by atomic mass is 9.92. The summed E-state index contributed by atoms with van der Waals surface area (Å²) < 4.78 is 0. The van der Waals surface area contributed by atoms with Gasteiger partial charge in [-0.15, -0.1) is 0 Å². The third kappa shape index (κ3) is 4.60. The van der Waals surface area contributed by atoms with Gasteiger partial charge in [0.25, 0.3) is 11.7 Å². The summed E-state index contributed by atoms with van der Waals surface area (Å²) in [5.74, 6) is -2.67.